The molecule has 2 aromatic rings. The summed E-state index contributed by atoms with van der Waals surface area (Å²) >= 11 is 3.38. The van der Waals surface area contributed by atoms with Crippen LogP contribution in [0.2, 0.25) is 0 Å². The SMILES string of the molecule is CC[C@H](C(=O)NC(C)C)N(Cc1ccc(OC)cc1)C(=O)COc1ccc(Br)cc1. The van der Waals surface area contributed by atoms with Crippen LogP contribution >= 0.6 is 15.9 Å². The Morgan fingerprint density at radius 3 is 2.17 bits per heavy atom. The third kappa shape index (κ3) is 7.06. The van der Waals surface area contributed by atoms with Crippen molar-refractivity contribution in [1.29, 1.82) is 0 Å². The lowest BCUT2D eigenvalue weighted by Gasteiger charge is -2.31. The summed E-state index contributed by atoms with van der Waals surface area (Å²) in [7, 11) is 1.60. The van der Waals surface area contributed by atoms with E-state index in [9.17, 15) is 9.59 Å². The van der Waals surface area contributed by atoms with Crippen molar-refractivity contribution in [2.75, 3.05) is 13.7 Å². The van der Waals surface area contributed by atoms with Crippen molar-refractivity contribution in [2.24, 2.45) is 0 Å². The van der Waals surface area contributed by atoms with Crippen LogP contribution in [0.25, 0.3) is 0 Å². The molecular formula is C23H29BrN2O4. The van der Waals surface area contributed by atoms with Crippen molar-refractivity contribution in [3.05, 3.63) is 58.6 Å². The first-order valence-corrected chi connectivity index (χ1v) is 10.7. The van der Waals surface area contributed by atoms with E-state index in [1.807, 2.05) is 57.2 Å². The van der Waals surface area contributed by atoms with Gasteiger partial charge in [0, 0.05) is 17.1 Å². The normalized spacial score (nSPS) is 11.7. The Bertz CT molecular complexity index is 822. The average Bonchev–Trinajstić information content (AvgIpc) is 2.73. The highest BCUT2D eigenvalue weighted by Gasteiger charge is 2.29. The van der Waals surface area contributed by atoms with Crippen LogP contribution in [0.5, 0.6) is 11.5 Å². The number of amides is 2. The number of benzene rings is 2. The van der Waals surface area contributed by atoms with Crippen LogP contribution in [-0.2, 0) is 16.1 Å². The molecule has 1 atom stereocenters. The van der Waals surface area contributed by atoms with Gasteiger partial charge >= 0.3 is 0 Å². The zero-order chi connectivity index (χ0) is 22.1. The van der Waals surface area contributed by atoms with E-state index in [2.05, 4.69) is 21.2 Å². The van der Waals surface area contributed by atoms with Crippen LogP contribution in [0.1, 0.15) is 32.8 Å². The summed E-state index contributed by atoms with van der Waals surface area (Å²) in [6, 6.07) is 14.1. The molecule has 0 aliphatic rings. The van der Waals surface area contributed by atoms with Crippen LogP contribution in [0.15, 0.2) is 53.0 Å². The van der Waals surface area contributed by atoms with E-state index < -0.39 is 6.04 Å². The number of methoxy groups -OCH3 is 1. The maximum Gasteiger partial charge on any atom is 0.261 e. The number of hydrogen-bond donors (Lipinski definition) is 1. The standard InChI is InChI=1S/C23H29BrN2O4/c1-5-21(23(28)25-16(2)3)26(14-17-6-10-19(29-4)11-7-17)22(27)15-30-20-12-8-18(24)9-13-20/h6-13,16,21H,5,14-15H2,1-4H3,(H,25,28)/t21-/m1/s1. The number of hydrogen-bond acceptors (Lipinski definition) is 4. The van der Waals surface area contributed by atoms with Crippen LogP contribution in [0.4, 0.5) is 0 Å². The van der Waals surface area contributed by atoms with E-state index in [4.69, 9.17) is 9.47 Å². The molecule has 0 saturated carbocycles. The second kappa shape index (κ2) is 11.6. The van der Waals surface area contributed by atoms with Gasteiger partial charge in [0.15, 0.2) is 6.61 Å². The molecule has 0 spiro atoms. The molecule has 0 fully saturated rings. The average molecular weight is 477 g/mol. The molecule has 1 N–H and O–H groups in total. The zero-order valence-electron chi connectivity index (χ0n) is 17.9. The Morgan fingerprint density at radius 2 is 1.63 bits per heavy atom. The van der Waals surface area contributed by atoms with E-state index in [0.717, 1.165) is 15.8 Å². The summed E-state index contributed by atoms with van der Waals surface area (Å²) in [5.74, 6) is 0.910. The fourth-order valence-corrected chi connectivity index (χ4v) is 3.25. The quantitative estimate of drug-likeness (QED) is 0.558. The van der Waals surface area contributed by atoms with Crippen molar-refractivity contribution >= 4 is 27.7 Å². The fourth-order valence-electron chi connectivity index (χ4n) is 2.99. The molecule has 2 aromatic carbocycles. The summed E-state index contributed by atoms with van der Waals surface area (Å²) in [5, 5.41) is 2.91. The van der Waals surface area contributed by atoms with E-state index in [1.54, 1.807) is 24.1 Å². The molecule has 0 aliphatic carbocycles. The Hall–Kier alpha value is -2.54. The number of nitrogens with zero attached hydrogens (tertiary/aromatic N) is 1. The summed E-state index contributed by atoms with van der Waals surface area (Å²) < 4.78 is 11.8. The fraction of sp³-hybridized carbons (Fsp3) is 0.391. The molecule has 7 heteroatoms. The van der Waals surface area contributed by atoms with Gasteiger partial charge < -0.3 is 19.7 Å². The number of ether oxygens (including phenoxy) is 2. The largest absolute Gasteiger partial charge is 0.497 e. The van der Waals surface area contributed by atoms with Crippen LogP contribution in [0, 0.1) is 0 Å². The van der Waals surface area contributed by atoms with Crippen molar-refractivity contribution < 1.29 is 19.1 Å². The Morgan fingerprint density at radius 1 is 1.03 bits per heavy atom. The van der Waals surface area contributed by atoms with E-state index >= 15 is 0 Å². The van der Waals surface area contributed by atoms with Gasteiger partial charge in [0.1, 0.15) is 17.5 Å². The third-order valence-electron chi connectivity index (χ3n) is 4.50. The van der Waals surface area contributed by atoms with Crippen molar-refractivity contribution in [3.8, 4) is 11.5 Å². The van der Waals surface area contributed by atoms with Gasteiger partial charge in [-0.05, 0) is 62.2 Å². The van der Waals surface area contributed by atoms with Crippen LogP contribution in [-0.4, -0.2) is 42.5 Å². The number of rotatable bonds is 10. The predicted octanol–water partition coefficient (Wildman–Crippen LogP) is 4.17. The number of nitrogens with one attached hydrogen (secondary N) is 1. The molecule has 2 amide bonds. The first kappa shape index (κ1) is 23.7. The lowest BCUT2D eigenvalue weighted by atomic mass is 10.1. The smallest absolute Gasteiger partial charge is 0.261 e. The minimum absolute atomic E-state index is 0.0106. The van der Waals surface area contributed by atoms with Crippen LogP contribution < -0.4 is 14.8 Å². The Labute approximate surface area is 186 Å². The molecule has 0 radical (unpaired) electrons. The molecular weight excluding hydrogens is 448 g/mol. The highest BCUT2D eigenvalue weighted by atomic mass is 79.9. The molecule has 0 aliphatic heterocycles. The second-order valence-electron chi connectivity index (χ2n) is 7.20. The number of carbonyl (C=O) groups is 2. The van der Waals surface area contributed by atoms with Crippen molar-refractivity contribution in [3.63, 3.8) is 0 Å². The van der Waals surface area contributed by atoms with Gasteiger partial charge in [-0.25, -0.2) is 0 Å². The van der Waals surface area contributed by atoms with Gasteiger partial charge in [0.05, 0.1) is 7.11 Å². The molecule has 0 saturated heterocycles. The molecule has 0 heterocycles. The summed E-state index contributed by atoms with van der Waals surface area (Å²) in [4.78, 5) is 27.4. The second-order valence-corrected chi connectivity index (χ2v) is 8.12. The van der Waals surface area contributed by atoms with Gasteiger partial charge in [0.2, 0.25) is 5.91 Å². The predicted molar refractivity (Wildman–Crippen MR) is 121 cm³/mol. The van der Waals surface area contributed by atoms with Crippen molar-refractivity contribution in [1.82, 2.24) is 10.2 Å². The number of carbonyl (C=O) groups excluding carboxylic acids is 2. The molecule has 0 unspecified atom stereocenters. The maximum atomic E-state index is 13.1. The Kier molecular flexibility index (Phi) is 9.17. The molecule has 0 bridgehead atoms. The van der Waals surface area contributed by atoms with Gasteiger partial charge in [-0.2, -0.15) is 0 Å². The lowest BCUT2D eigenvalue weighted by molar-refractivity contribution is -0.143. The monoisotopic (exact) mass is 476 g/mol. The molecule has 162 valence electrons. The van der Waals surface area contributed by atoms with Gasteiger partial charge in [-0.15, -0.1) is 0 Å². The van der Waals surface area contributed by atoms with E-state index in [1.165, 1.54) is 0 Å². The van der Waals surface area contributed by atoms with Crippen LogP contribution in [0.3, 0.4) is 0 Å². The summed E-state index contributed by atoms with van der Waals surface area (Å²) in [6.07, 6.45) is 0.499. The first-order chi connectivity index (χ1) is 14.3. The zero-order valence-corrected chi connectivity index (χ0v) is 19.4. The summed E-state index contributed by atoms with van der Waals surface area (Å²) in [6.45, 7) is 5.85. The van der Waals surface area contributed by atoms with Gasteiger partial charge in [-0.1, -0.05) is 35.0 Å². The highest BCUT2D eigenvalue weighted by molar-refractivity contribution is 9.10. The van der Waals surface area contributed by atoms with Gasteiger partial charge in [0.25, 0.3) is 5.91 Å². The summed E-state index contributed by atoms with van der Waals surface area (Å²) in [5.41, 5.74) is 0.906. The van der Waals surface area contributed by atoms with Gasteiger partial charge in [-0.3, -0.25) is 9.59 Å². The van der Waals surface area contributed by atoms with E-state index in [-0.39, 0.29) is 24.5 Å². The minimum atomic E-state index is -0.587. The molecule has 0 aromatic heterocycles. The Balaban J connectivity index is 2.19. The maximum absolute atomic E-state index is 13.1. The molecule has 6 nitrogen and oxygen atoms in total. The van der Waals surface area contributed by atoms with Crippen molar-refractivity contribution in [2.45, 2.75) is 45.8 Å². The lowest BCUT2D eigenvalue weighted by Crippen LogP contribution is -2.51. The topological polar surface area (TPSA) is 67.9 Å². The first-order valence-electron chi connectivity index (χ1n) is 9.95. The molecule has 30 heavy (non-hydrogen) atoms. The number of halogens is 1. The third-order valence-corrected chi connectivity index (χ3v) is 5.03. The molecule has 2 rings (SSSR count). The highest BCUT2D eigenvalue weighted by Crippen LogP contribution is 2.18. The minimum Gasteiger partial charge on any atom is -0.497 e. The van der Waals surface area contributed by atoms with E-state index in [0.29, 0.717) is 18.7 Å².